The molecule has 6 nitrogen and oxygen atoms in total. The van der Waals surface area contributed by atoms with Crippen molar-refractivity contribution in [3.05, 3.63) is 11.5 Å². The summed E-state index contributed by atoms with van der Waals surface area (Å²) >= 11 is 0. The minimum absolute atomic E-state index is 0.111. The number of sulfonamides is 1. The maximum absolute atomic E-state index is 11.8. The maximum Gasteiger partial charge on any atom is 0.292 e. The van der Waals surface area contributed by atoms with Crippen molar-refractivity contribution >= 4 is 16.0 Å². The van der Waals surface area contributed by atoms with Crippen molar-refractivity contribution in [2.24, 2.45) is 0 Å². The van der Waals surface area contributed by atoms with Gasteiger partial charge in [0.25, 0.3) is 6.01 Å². The van der Waals surface area contributed by atoms with Gasteiger partial charge < -0.3 is 10.2 Å². The van der Waals surface area contributed by atoms with Gasteiger partial charge in [0.2, 0.25) is 10.0 Å². The van der Waals surface area contributed by atoms with Crippen LogP contribution < -0.4 is 5.73 Å². The van der Waals surface area contributed by atoms with Crippen molar-refractivity contribution in [1.82, 2.24) is 9.29 Å². The zero-order chi connectivity index (χ0) is 11.8. The van der Waals surface area contributed by atoms with E-state index in [1.54, 1.807) is 0 Å². The summed E-state index contributed by atoms with van der Waals surface area (Å²) in [4.78, 5) is 4.00. The van der Waals surface area contributed by atoms with E-state index in [0.29, 0.717) is 25.1 Å². The number of rotatable bonds is 3. The van der Waals surface area contributed by atoms with E-state index in [2.05, 4.69) is 4.98 Å². The zero-order valence-electron chi connectivity index (χ0n) is 9.14. The highest BCUT2D eigenvalue weighted by molar-refractivity contribution is 7.89. The standard InChI is InChI=1S/C9H15N3O3S/c1-2-5-16(13,14)12-4-3-7-8(6-12)15-9(10)11-7/h2-6H2,1H3,(H2,10,11). The summed E-state index contributed by atoms with van der Waals surface area (Å²) in [7, 11) is -3.16. The number of oxazole rings is 1. The van der Waals surface area contributed by atoms with Crippen molar-refractivity contribution in [2.75, 3.05) is 18.0 Å². The van der Waals surface area contributed by atoms with Crippen molar-refractivity contribution in [3.63, 3.8) is 0 Å². The van der Waals surface area contributed by atoms with Gasteiger partial charge in [-0.25, -0.2) is 8.42 Å². The molecule has 1 aromatic heterocycles. The lowest BCUT2D eigenvalue weighted by atomic mass is 10.2. The number of nitrogens with zero attached hydrogens (tertiary/aromatic N) is 2. The molecule has 0 unspecified atom stereocenters. The van der Waals surface area contributed by atoms with Crippen LogP contribution in [0, 0.1) is 0 Å². The highest BCUT2D eigenvalue weighted by Crippen LogP contribution is 2.22. The number of nitrogen functional groups attached to an aromatic ring is 1. The molecule has 0 spiro atoms. The fourth-order valence-corrected chi connectivity index (χ4v) is 3.27. The molecule has 90 valence electrons. The first kappa shape index (κ1) is 11.4. The fourth-order valence-electron chi connectivity index (χ4n) is 1.82. The number of hydrogen-bond donors (Lipinski definition) is 1. The van der Waals surface area contributed by atoms with Crippen molar-refractivity contribution in [3.8, 4) is 0 Å². The highest BCUT2D eigenvalue weighted by Gasteiger charge is 2.29. The van der Waals surface area contributed by atoms with Gasteiger partial charge >= 0.3 is 0 Å². The number of aromatic nitrogens is 1. The van der Waals surface area contributed by atoms with Crippen LogP contribution in [0.5, 0.6) is 0 Å². The second-order valence-electron chi connectivity index (χ2n) is 3.82. The first-order chi connectivity index (χ1) is 7.53. The minimum atomic E-state index is -3.16. The quantitative estimate of drug-likeness (QED) is 0.830. The van der Waals surface area contributed by atoms with Crippen LogP contribution in [0.15, 0.2) is 4.42 Å². The molecule has 0 radical (unpaired) electrons. The average Bonchev–Trinajstić information content (AvgIpc) is 2.56. The van der Waals surface area contributed by atoms with E-state index < -0.39 is 10.0 Å². The molecule has 2 heterocycles. The molecule has 1 aromatic rings. The maximum atomic E-state index is 11.8. The second kappa shape index (κ2) is 4.06. The molecule has 0 aliphatic carbocycles. The molecular formula is C9H15N3O3S. The molecule has 0 saturated carbocycles. The molecule has 1 aliphatic heterocycles. The highest BCUT2D eigenvalue weighted by atomic mass is 32.2. The normalized spacial score (nSPS) is 17.3. The molecule has 2 rings (SSSR count). The number of hydrogen-bond acceptors (Lipinski definition) is 5. The summed E-state index contributed by atoms with van der Waals surface area (Å²) in [5.74, 6) is 0.745. The molecule has 1 aliphatic rings. The Labute approximate surface area is 94.5 Å². The summed E-state index contributed by atoms with van der Waals surface area (Å²) in [6.07, 6.45) is 1.18. The van der Waals surface area contributed by atoms with Crippen LogP contribution in [0.25, 0.3) is 0 Å². The third-order valence-corrected chi connectivity index (χ3v) is 4.59. The predicted octanol–water partition coefficient (Wildman–Crippen LogP) is 0.355. The third kappa shape index (κ3) is 2.05. The minimum Gasteiger partial charge on any atom is -0.427 e. The zero-order valence-corrected chi connectivity index (χ0v) is 9.96. The molecule has 7 heteroatoms. The first-order valence-electron chi connectivity index (χ1n) is 5.25. The summed E-state index contributed by atoms with van der Waals surface area (Å²) in [5, 5.41) is 0. The summed E-state index contributed by atoms with van der Waals surface area (Å²) in [6, 6.07) is 0.111. The van der Waals surface area contributed by atoms with Gasteiger partial charge in [-0.15, -0.1) is 0 Å². The smallest absolute Gasteiger partial charge is 0.292 e. The van der Waals surface area contributed by atoms with E-state index in [-0.39, 0.29) is 18.3 Å². The molecule has 0 amide bonds. The largest absolute Gasteiger partial charge is 0.427 e. The first-order valence-corrected chi connectivity index (χ1v) is 6.85. The predicted molar refractivity (Wildman–Crippen MR) is 59.1 cm³/mol. The van der Waals surface area contributed by atoms with E-state index in [1.807, 2.05) is 6.92 Å². The van der Waals surface area contributed by atoms with Crippen molar-refractivity contribution < 1.29 is 12.8 Å². The molecular weight excluding hydrogens is 230 g/mol. The Bertz CT molecular complexity index is 480. The van der Waals surface area contributed by atoms with Crippen LogP contribution in [0.1, 0.15) is 24.8 Å². The van der Waals surface area contributed by atoms with Gasteiger partial charge in [0, 0.05) is 13.0 Å². The van der Waals surface area contributed by atoms with E-state index in [0.717, 1.165) is 5.69 Å². The van der Waals surface area contributed by atoms with Gasteiger partial charge in [-0.1, -0.05) is 6.92 Å². The van der Waals surface area contributed by atoms with E-state index in [1.165, 1.54) is 4.31 Å². The fraction of sp³-hybridized carbons (Fsp3) is 0.667. The van der Waals surface area contributed by atoms with Crippen molar-refractivity contribution in [1.29, 1.82) is 0 Å². The molecule has 0 atom stereocenters. The van der Waals surface area contributed by atoms with Crippen LogP contribution in [-0.4, -0.2) is 30.0 Å². The van der Waals surface area contributed by atoms with Gasteiger partial charge in [0.1, 0.15) is 5.76 Å². The Balaban J connectivity index is 2.19. The molecule has 2 N–H and O–H groups in total. The Morgan fingerprint density at radius 1 is 1.56 bits per heavy atom. The lowest BCUT2D eigenvalue weighted by molar-refractivity contribution is 0.346. The summed E-state index contributed by atoms with van der Waals surface area (Å²) in [5.41, 5.74) is 6.20. The van der Waals surface area contributed by atoms with E-state index in [9.17, 15) is 8.42 Å². The molecule has 0 bridgehead atoms. The van der Waals surface area contributed by atoms with Crippen LogP contribution >= 0.6 is 0 Å². The monoisotopic (exact) mass is 245 g/mol. The number of anilines is 1. The van der Waals surface area contributed by atoms with Gasteiger partial charge in [0.15, 0.2) is 0 Å². The lowest BCUT2D eigenvalue weighted by Gasteiger charge is -2.24. The van der Waals surface area contributed by atoms with Crippen LogP contribution in [0.4, 0.5) is 6.01 Å². The van der Waals surface area contributed by atoms with E-state index >= 15 is 0 Å². The molecule has 0 aromatic carbocycles. The number of nitrogens with two attached hydrogens (primary N) is 1. The van der Waals surface area contributed by atoms with Crippen LogP contribution in [0.2, 0.25) is 0 Å². The summed E-state index contributed by atoms with van der Waals surface area (Å²) in [6.45, 7) is 2.56. The Hall–Kier alpha value is -1.08. The van der Waals surface area contributed by atoms with Gasteiger partial charge in [-0.2, -0.15) is 9.29 Å². The molecule has 16 heavy (non-hydrogen) atoms. The van der Waals surface area contributed by atoms with E-state index in [4.69, 9.17) is 10.2 Å². The van der Waals surface area contributed by atoms with Crippen LogP contribution in [-0.2, 0) is 23.0 Å². The SMILES string of the molecule is CCCS(=O)(=O)N1CCc2nc(N)oc2C1. The molecule has 0 saturated heterocycles. The second-order valence-corrected chi connectivity index (χ2v) is 5.91. The Morgan fingerprint density at radius 2 is 2.31 bits per heavy atom. The summed E-state index contributed by atoms with van der Waals surface area (Å²) < 4.78 is 30.3. The Morgan fingerprint density at radius 3 is 3.00 bits per heavy atom. The van der Waals surface area contributed by atoms with Gasteiger partial charge in [0.05, 0.1) is 18.0 Å². The van der Waals surface area contributed by atoms with Gasteiger partial charge in [-0.05, 0) is 6.42 Å². The van der Waals surface area contributed by atoms with Gasteiger partial charge in [-0.3, -0.25) is 0 Å². The molecule has 0 fully saturated rings. The topological polar surface area (TPSA) is 89.4 Å². The van der Waals surface area contributed by atoms with Crippen LogP contribution in [0.3, 0.4) is 0 Å². The number of fused-ring (bicyclic) bond motifs is 1. The average molecular weight is 245 g/mol. The third-order valence-electron chi connectivity index (χ3n) is 2.57. The van der Waals surface area contributed by atoms with Crippen molar-refractivity contribution in [2.45, 2.75) is 26.3 Å². The lowest BCUT2D eigenvalue weighted by Crippen LogP contribution is -2.37. The Kier molecular flexibility index (Phi) is 2.90.